The lowest BCUT2D eigenvalue weighted by Crippen LogP contribution is -2.75. The fourth-order valence-electron chi connectivity index (χ4n) is 8.97. The van der Waals surface area contributed by atoms with E-state index in [-0.39, 0.29) is 63.3 Å². The number of ketones is 2. The maximum Gasteiger partial charge on any atom is 0.221 e. The number of fused-ring (bicyclic) bond motifs is 3. The Labute approximate surface area is 246 Å². The number of Topliss-reactive ketones (excluding diaryl/α,β-unsaturated/α-hetero) is 2. The highest BCUT2D eigenvalue weighted by Gasteiger charge is 2.83. The fourth-order valence-corrected chi connectivity index (χ4v) is 8.97. The number of methoxy groups -OCH3 is 2. The van der Waals surface area contributed by atoms with Crippen LogP contribution in [-0.4, -0.2) is 77.2 Å². The average Bonchev–Trinajstić information content (AvgIpc) is 3.28. The minimum absolute atomic E-state index is 0.0168. The Hall–Kier alpha value is -3.48. The molecule has 0 amide bonds. The molecule has 4 heterocycles. The number of aromatic hydroxyl groups is 2. The average molecular weight is 593 g/mol. The number of phenolic OH excluding ortho intramolecular Hbond substituents is 2. The maximum absolute atomic E-state index is 14.5. The molecule has 2 spiro atoms. The van der Waals surface area contributed by atoms with Crippen molar-refractivity contribution in [3.05, 3.63) is 57.2 Å². The van der Waals surface area contributed by atoms with Gasteiger partial charge in [0, 0.05) is 46.4 Å². The van der Waals surface area contributed by atoms with Gasteiger partial charge in [0.25, 0.3) is 0 Å². The summed E-state index contributed by atoms with van der Waals surface area (Å²) >= 11 is 0. The van der Waals surface area contributed by atoms with Crippen LogP contribution >= 0.6 is 0 Å². The first-order valence-corrected chi connectivity index (χ1v) is 14.5. The van der Waals surface area contributed by atoms with E-state index in [0.29, 0.717) is 11.1 Å². The molecular formula is C32H32O11. The summed E-state index contributed by atoms with van der Waals surface area (Å²) in [6.07, 6.45) is -3.19. The van der Waals surface area contributed by atoms with Gasteiger partial charge in [0.2, 0.25) is 5.79 Å². The molecule has 8 rings (SSSR count). The van der Waals surface area contributed by atoms with Crippen molar-refractivity contribution < 1.29 is 53.3 Å². The summed E-state index contributed by atoms with van der Waals surface area (Å²) in [7, 11) is 2.79. The number of carbonyl (C=O) groups is 2. The topological polar surface area (TPSA) is 150 Å². The number of aliphatic hydroxyl groups is 1. The van der Waals surface area contributed by atoms with Gasteiger partial charge in [-0.05, 0) is 33.8 Å². The number of rotatable bonds is 2. The first-order valence-electron chi connectivity index (χ1n) is 14.5. The standard InChI is InChI=1S/C32H32O11/c1-11-7-17-21(12(2)40-11)27(35)23-19(34)10-20(39-6)25-26(23)32(17)42-29-14(4)41-13(3)24-28(36)22-16(8-15(38-5)9-18(22)33)30(25,37)31(24,29)43-32/h8-14,24,29,33-34,37H,7H2,1-6H3/t11-,12-,13-,14-,24+,29-,30+,31+,32+/m1/s1. The second-order valence-corrected chi connectivity index (χ2v) is 12.5. The third kappa shape index (κ3) is 2.76. The van der Waals surface area contributed by atoms with E-state index in [2.05, 4.69) is 0 Å². The van der Waals surface area contributed by atoms with Crippen molar-refractivity contribution in [2.24, 2.45) is 5.92 Å². The van der Waals surface area contributed by atoms with Gasteiger partial charge in [-0.15, -0.1) is 0 Å². The Morgan fingerprint density at radius 3 is 2.33 bits per heavy atom. The Kier molecular flexibility index (Phi) is 5.14. The molecule has 2 aliphatic carbocycles. The molecule has 2 saturated heterocycles. The van der Waals surface area contributed by atoms with Crippen LogP contribution in [0.1, 0.15) is 71.5 Å². The number of phenols is 2. The molecule has 2 bridgehead atoms. The van der Waals surface area contributed by atoms with E-state index >= 15 is 0 Å². The van der Waals surface area contributed by atoms with Crippen molar-refractivity contribution in [3.63, 3.8) is 0 Å². The Bertz CT molecular complexity index is 1710. The maximum atomic E-state index is 14.5. The number of hydrogen-bond donors (Lipinski definition) is 3. The van der Waals surface area contributed by atoms with E-state index in [4.69, 9.17) is 28.4 Å². The first-order chi connectivity index (χ1) is 20.4. The van der Waals surface area contributed by atoms with Gasteiger partial charge in [0.15, 0.2) is 22.8 Å². The van der Waals surface area contributed by atoms with Gasteiger partial charge in [-0.2, -0.15) is 0 Å². The van der Waals surface area contributed by atoms with Crippen LogP contribution in [-0.2, 0) is 30.3 Å². The molecular weight excluding hydrogens is 560 g/mol. The normalized spacial score (nSPS) is 40.0. The largest absolute Gasteiger partial charge is 0.507 e. The van der Waals surface area contributed by atoms with Crippen LogP contribution in [0.3, 0.4) is 0 Å². The molecule has 3 N–H and O–H groups in total. The van der Waals surface area contributed by atoms with Gasteiger partial charge in [-0.1, -0.05) is 0 Å². The van der Waals surface area contributed by atoms with E-state index < -0.39 is 58.9 Å². The molecule has 226 valence electrons. The summed E-state index contributed by atoms with van der Waals surface area (Å²) in [6.45, 7) is 7.16. The van der Waals surface area contributed by atoms with Gasteiger partial charge in [0.05, 0.1) is 55.7 Å². The molecule has 11 heteroatoms. The molecule has 9 atom stereocenters. The zero-order chi connectivity index (χ0) is 30.5. The van der Waals surface area contributed by atoms with Gasteiger partial charge in [-0.25, -0.2) is 0 Å². The molecule has 2 aromatic rings. The van der Waals surface area contributed by atoms with E-state index in [1.807, 2.05) is 6.92 Å². The highest BCUT2D eigenvalue weighted by molar-refractivity contribution is 6.15. The predicted molar refractivity (Wildman–Crippen MR) is 146 cm³/mol. The summed E-state index contributed by atoms with van der Waals surface area (Å²) in [5.74, 6) is -4.40. The highest BCUT2D eigenvalue weighted by atomic mass is 16.8. The van der Waals surface area contributed by atoms with Gasteiger partial charge >= 0.3 is 0 Å². The zero-order valence-corrected chi connectivity index (χ0v) is 24.5. The minimum Gasteiger partial charge on any atom is -0.507 e. The van der Waals surface area contributed by atoms with Gasteiger partial charge in [-0.3, -0.25) is 9.59 Å². The van der Waals surface area contributed by atoms with Crippen LogP contribution in [0.15, 0.2) is 29.3 Å². The summed E-state index contributed by atoms with van der Waals surface area (Å²) in [5, 5.41) is 36.1. The second-order valence-electron chi connectivity index (χ2n) is 12.5. The van der Waals surface area contributed by atoms with E-state index in [9.17, 15) is 24.9 Å². The lowest BCUT2D eigenvalue weighted by Gasteiger charge is -2.60. The second kappa shape index (κ2) is 8.16. The Balaban J connectivity index is 1.60. The van der Waals surface area contributed by atoms with Crippen LogP contribution in [0.2, 0.25) is 0 Å². The van der Waals surface area contributed by atoms with E-state index in [1.54, 1.807) is 20.8 Å². The SMILES string of the molecule is COc1cc(O)c2c(c1)[C@]1(O)c3c(OC)cc(O)c4c3[C@]3(O[C@@H]5[C@@H](C)O[C@H](C)[C@@H](C2=O)[C@]51O3)C1=C(C4=O)[C@@H](C)O[C@H](C)C1. The zero-order valence-electron chi connectivity index (χ0n) is 24.5. The lowest BCUT2D eigenvalue weighted by molar-refractivity contribution is -0.272. The summed E-state index contributed by atoms with van der Waals surface area (Å²) in [6, 6.07) is 4.08. The predicted octanol–water partition coefficient (Wildman–Crippen LogP) is 2.98. The molecule has 4 aliphatic heterocycles. The van der Waals surface area contributed by atoms with Crippen LogP contribution in [0.4, 0.5) is 0 Å². The number of benzene rings is 2. The Morgan fingerprint density at radius 1 is 0.907 bits per heavy atom. The van der Waals surface area contributed by atoms with Crippen LogP contribution in [0.5, 0.6) is 23.0 Å². The van der Waals surface area contributed by atoms with Crippen molar-refractivity contribution in [2.75, 3.05) is 14.2 Å². The summed E-state index contributed by atoms with van der Waals surface area (Å²) < 4.78 is 37.8. The van der Waals surface area contributed by atoms with Crippen LogP contribution in [0, 0.1) is 5.92 Å². The molecule has 0 aromatic heterocycles. The fraction of sp³-hybridized carbons (Fsp3) is 0.500. The van der Waals surface area contributed by atoms with Crippen molar-refractivity contribution in [3.8, 4) is 23.0 Å². The first kappa shape index (κ1) is 27.1. The third-order valence-corrected chi connectivity index (χ3v) is 10.3. The summed E-state index contributed by atoms with van der Waals surface area (Å²) in [4.78, 5) is 28.8. The molecule has 6 aliphatic rings. The molecule has 2 aromatic carbocycles. The molecule has 0 unspecified atom stereocenters. The van der Waals surface area contributed by atoms with Crippen LogP contribution < -0.4 is 9.47 Å². The quantitative estimate of drug-likeness (QED) is 0.472. The lowest BCUT2D eigenvalue weighted by atomic mass is 9.52. The number of ether oxygens (including phenoxy) is 6. The van der Waals surface area contributed by atoms with Crippen molar-refractivity contribution in [2.45, 2.75) is 81.6 Å². The van der Waals surface area contributed by atoms with Crippen molar-refractivity contribution in [1.29, 1.82) is 0 Å². The number of carbonyl (C=O) groups excluding carboxylic acids is 2. The van der Waals surface area contributed by atoms with Crippen molar-refractivity contribution >= 4 is 11.6 Å². The Morgan fingerprint density at radius 2 is 1.63 bits per heavy atom. The van der Waals surface area contributed by atoms with Crippen molar-refractivity contribution in [1.82, 2.24) is 0 Å². The molecule has 2 fully saturated rings. The smallest absolute Gasteiger partial charge is 0.221 e. The number of hydrogen-bond acceptors (Lipinski definition) is 11. The summed E-state index contributed by atoms with van der Waals surface area (Å²) in [5.41, 5.74) is -3.20. The molecule has 0 radical (unpaired) electrons. The monoisotopic (exact) mass is 592 g/mol. The van der Waals surface area contributed by atoms with E-state index in [0.717, 1.165) is 0 Å². The molecule has 43 heavy (non-hydrogen) atoms. The minimum atomic E-state index is -2.24. The molecule has 11 nitrogen and oxygen atoms in total. The molecule has 0 saturated carbocycles. The van der Waals surface area contributed by atoms with Crippen LogP contribution in [0.25, 0.3) is 0 Å². The van der Waals surface area contributed by atoms with Gasteiger partial charge in [0.1, 0.15) is 29.1 Å². The van der Waals surface area contributed by atoms with Gasteiger partial charge < -0.3 is 43.7 Å². The van der Waals surface area contributed by atoms with E-state index in [1.165, 1.54) is 32.4 Å². The highest BCUT2D eigenvalue weighted by Crippen LogP contribution is 2.73. The third-order valence-electron chi connectivity index (χ3n) is 10.3.